The number of hydrogen-bond acceptors (Lipinski definition) is 6. The summed E-state index contributed by atoms with van der Waals surface area (Å²) in [6.45, 7) is 2.65. The maximum absolute atomic E-state index is 11.9. The van der Waals surface area contributed by atoms with E-state index in [1.165, 1.54) is 24.9 Å². The number of carbonyl (C=O) groups excluding carboxylic acids is 1. The van der Waals surface area contributed by atoms with Crippen molar-refractivity contribution in [3.05, 3.63) is 36.8 Å². The summed E-state index contributed by atoms with van der Waals surface area (Å²) in [5.41, 5.74) is 0.746. The van der Waals surface area contributed by atoms with Crippen molar-refractivity contribution in [3.8, 4) is 0 Å². The van der Waals surface area contributed by atoms with Crippen molar-refractivity contribution in [1.82, 2.24) is 19.9 Å². The lowest BCUT2D eigenvalue weighted by molar-refractivity contribution is 0.102. The maximum atomic E-state index is 11.9. The molecule has 0 radical (unpaired) electrons. The number of carbonyl (C=O) groups is 1. The Morgan fingerprint density at radius 1 is 1.17 bits per heavy atom. The molecular weight excluding hydrogens is 232 g/mol. The first-order chi connectivity index (χ1) is 8.79. The van der Waals surface area contributed by atoms with Gasteiger partial charge in [-0.05, 0) is 6.92 Å². The molecule has 2 aromatic heterocycles. The quantitative estimate of drug-likeness (QED) is 0.831. The van der Waals surface area contributed by atoms with Crippen molar-refractivity contribution in [1.29, 1.82) is 0 Å². The van der Waals surface area contributed by atoms with E-state index in [1.54, 1.807) is 6.20 Å². The fraction of sp³-hybridized carbons (Fsp3) is 0.182. The van der Waals surface area contributed by atoms with E-state index in [0.29, 0.717) is 18.1 Å². The molecule has 0 aliphatic rings. The standard InChI is InChI=1S/C11H12N6O/c1-2-15-10-6-12-5-9(17-10)11(18)16-8-3-13-7-14-4-8/h3-7H,2H2,1H3,(H,15,17)(H,16,18). The van der Waals surface area contributed by atoms with Crippen molar-refractivity contribution in [2.24, 2.45) is 0 Å². The molecule has 0 unspecified atom stereocenters. The molecule has 2 rings (SSSR count). The molecule has 1 amide bonds. The van der Waals surface area contributed by atoms with Gasteiger partial charge in [0.25, 0.3) is 5.91 Å². The van der Waals surface area contributed by atoms with Crippen LogP contribution in [0.4, 0.5) is 11.5 Å². The molecule has 0 fully saturated rings. The minimum Gasteiger partial charge on any atom is -0.369 e. The fourth-order valence-electron chi connectivity index (χ4n) is 1.30. The first-order valence-electron chi connectivity index (χ1n) is 5.42. The van der Waals surface area contributed by atoms with E-state index in [-0.39, 0.29) is 11.6 Å². The highest BCUT2D eigenvalue weighted by atomic mass is 16.1. The Morgan fingerprint density at radius 3 is 2.67 bits per heavy atom. The van der Waals surface area contributed by atoms with Crippen LogP contribution in [0.15, 0.2) is 31.1 Å². The molecule has 0 aromatic carbocycles. The lowest BCUT2D eigenvalue weighted by atomic mass is 10.4. The SMILES string of the molecule is CCNc1cncc(C(=O)Nc2cncnc2)n1. The van der Waals surface area contributed by atoms with E-state index in [9.17, 15) is 4.79 Å². The number of anilines is 2. The zero-order chi connectivity index (χ0) is 12.8. The van der Waals surface area contributed by atoms with Crippen LogP contribution in [0.5, 0.6) is 0 Å². The van der Waals surface area contributed by atoms with Crippen LogP contribution in [0.2, 0.25) is 0 Å². The molecule has 0 saturated heterocycles. The fourth-order valence-corrected chi connectivity index (χ4v) is 1.30. The third-order valence-corrected chi connectivity index (χ3v) is 2.04. The summed E-state index contributed by atoms with van der Waals surface area (Å²) in [6, 6.07) is 0. The van der Waals surface area contributed by atoms with Crippen LogP contribution in [-0.4, -0.2) is 32.4 Å². The van der Waals surface area contributed by atoms with Gasteiger partial charge in [-0.2, -0.15) is 0 Å². The summed E-state index contributed by atoms with van der Waals surface area (Å²) in [7, 11) is 0. The average Bonchev–Trinajstić information content (AvgIpc) is 2.40. The zero-order valence-corrected chi connectivity index (χ0v) is 9.79. The number of nitrogens with one attached hydrogen (secondary N) is 2. The number of amides is 1. The predicted molar refractivity (Wildman–Crippen MR) is 66.2 cm³/mol. The van der Waals surface area contributed by atoms with Gasteiger partial charge in [-0.15, -0.1) is 0 Å². The Hall–Kier alpha value is -2.57. The van der Waals surface area contributed by atoms with Gasteiger partial charge in [-0.1, -0.05) is 0 Å². The summed E-state index contributed by atoms with van der Waals surface area (Å²) in [5, 5.41) is 5.62. The van der Waals surface area contributed by atoms with Crippen LogP contribution in [0, 0.1) is 0 Å². The van der Waals surface area contributed by atoms with Gasteiger partial charge in [-0.3, -0.25) is 9.78 Å². The minimum absolute atomic E-state index is 0.234. The molecule has 7 heteroatoms. The Kier molecular flexibility index (Phi) is 3.75. The van der Waals surface area contributed by atoms with Crippen LogP contribution in [0.3, 0.4) is 0 Å². The second-order valence-electron chi connectivity index (χ2n) is 3.40. The molecule has 0 aliphatic carbocycles. The second kappa shape index (κ2) is 5.67. The van der Waals surface area contributed by atoms with Crippen molar-refractivity contribution in [2.75, 3.05) is 17.2 Å². The van der Waals surface area contributed by atoms with Gasteiger partial charge in [0.1, 0.15) is 17.8 Å². The highest BCUT2D eigenvalue weighted by molar-refractivity contribution is 6.02. The van der Waals surface area contributed by atoms with Gasteiger partial charge in [0.2, 0.25) is 0 Å². The molecular formula is C11H12N6O. The van der Waals surface area contributed by atoms with Crippen LogP contribution in [0.1, 0.15) is 17.4 Å². The Bertz CT molecular complexity index is 530. The van der Waals surface area contributed by atoms with Crippen molar-refractivity contribution in [2.45, 2.75) is 6.92 Å². The number of aromatic nitrogens is 4. The molecule has 2 aromatic rings. The van der Waals surface area contributed by atoms with E-state index in [0.717, 1.165) is 0 Å². The summed E-state index contributed by atoms with van der Waals surface area (Å²) < 4.78 is 0. The van der Waals surface area contributed by atoms with Gasteiger partial charge in [0.15, 0.2) is 0 Å². The summed E-state index contributed by atoms with van der Waals surface area (Å²) >= 11 is 0. The van der Waals surface area contributed by atoms with E-state index in [1.807, 2.05) is 6.92 Å². The first kappa shape index (κ1) is 11.9. The molecule has 7 nitrogen and oxygen atoms in total. The predicted octanol–water partition coefficient (Wildman–Crippen LogP) is 0.951. The monoisotopic (exact) mass is 244 g/mol. The summed E-state index contributed by atoms with van der Waals surface area (Å²) in [5.74, 6) is 0.214. The Labute approximate surface area is 104 Å². The average molecular weight is 244 g/mol. The first-order valence-corrected chi connectivity index (χ1v) is 5.42. The van der Waals surface area contributed by atoms with E-state index >= 15 is 0 Å². The molecule has 2 N–H and O–H groups in total. The third kappa shape index (κ3) is 2.97. The lowest BCUT2D eigenvalue weighted by Gasteiger charge is -2.05. The third-order valence-electron chi connectivity index (χ3n) is 2.04. The van der Waals surface area contributed by atoms with E-state index < -0.39 is 0 Å². The normalized spacial score (nSPS) is 9.83. The van der Waals surface area contributed by atoms with Crippen LogP contribution in [0.25, 0.3) is 0 Å². The molecule has 92 valence electrons. The van der Waals surface area contributed by atoms with Crippen molar-refractivity contribution in [3.63, 3.8) is 0 Å². The number of nitrogens with zero attached hydrogens (tertiary/aromatic N) is 4. The minimum atomic E-state index is -0.350. The molecule has 0 saturated carbocycles. The lowest BCUT2D eigenvalue weighted by Crippen LogP contribution is -2.15. The van der Waals surface area contributed by atoms with Crippen LogP contribution < -0.4 is 10.6 Å². The van der Waals surface area contributed by atoms with Crippen LogP contribution in [-0.2, 0) is 0 Å². The zero-order valence-electron chi connectivity index (χ0n) is 9.79. The molecule has 0 atom stereocenters. The summed E-state index contributed by atoms with van der Waals surface area (Å²) in [6.07, 6.45) is 7.37. The number of rotatable bonds is 4. The largest absolute Gasteiger partial charge is 0.369 e. The Morgan fingerprint density at radius 2 is 1.94 bits per heavy atom. The molecule has 0 aliphatic heterocycles. The maximum Gasteiger partial charge on any atom is 0.276 e. The van der Waals surface area contributed by atoms with Gasteiger partial charge < -0.3 is 10.6 Å². The van der Waals surface area contributed by atoms with E-state index in [2.05, 4.69) is 30.6 Å². The van der Waals surface area contributed by atoms with Crippen LogP contribution >= 0.6 is 0 Å². The smallest absolute Gasteiger partial charge is 0.276 e. The van der Waals surface area contributed by atoms with E-state index in [4.69, 9.17) is 0 Å². The Balaban J connectivity index is 2.11. The molecule has 0 spiro atoms. The van der Waals surface area contributed by atoms with Gasteiger partial charge in [-0.25, -0.2) is 15.0 Å². The van der Waals surface area contributed by atoms with Crippen molar-refractivity contribution < 1.29 is 4.79 Å². The topological polar surface area (TPSA) is 92.7 Å². The second-order valence-corrected chi connectivity index (χ2v) is 3.40. The van der Waals surface area contributed by atoms with Crippen molar-refractivity contribution >= 4 is 17.4 Å². The molecule has 18 heavy (non-hydrogen) atoms. The van der Waals surface area contributed by atoms with Gasteiger partial charge in [0, 0.05) is 6.54 Å². The van der Waals surface area contributed by atoms with Gasteiger partial charge in [0.05, 0.1) is 30.5 Å². The molecule has 2 heterocycles. The summed E-state index contributed by atoms with van der Waals surface area (Å²) in [4.78, 5) is 27.6. The number of hydrogen-bond donors (Lipinski definition) is 2. The highest BCUT2D eigenvalue weighted by Crippen LogP contribution is 2.06. The van der Waals surface area contributed by atoms with Gasteiger partial charge >= 0.3 is 0 Å². The molecule has 0 bridgehead atoms. The highest BCUT2D eigenvalue weighted by Gasteiger charge is 2.09.